The van der Waals surface area contributed by atoms with Gasteiger partial charge in [-0.05, 0) is 36.6 Å². The fourth-order valence-corrected chi connectivity index (χ4v) is 3.88. The van der Waals surface area contributed by atoms with Gasteiger partial charge in [0.15, 0.2) is 0 Å². The smallest absolute Gasteiger partial charge is 0.248 e. The van der Waals surface area contributed by atoms with E-state index in [4.69, 9.17) is 10.5 Å². The standard InChI is InChI=1S/C14H20N2O4S/c1-2-16(9-11-7-8-20-10-11)21(18,19)13-5-3-12(4-6-13)14(15)17/h3-6,11H,2,7-10H2,1H3,(H2,15,17)/t11-/m1/s1. The van der Waals surface area contributed by atoms with Crippen molar-refractivity contribution in [2.24, 2.45) is 11.7 Å². The molecule has 2 rings (SSSR count). The highest BCUT2D eigenvalue weighted by molar-refractivity contribution is 7.89. The summed E-state index contributed by atoms with van der Waals surface area (Å²) in [5.74, 6) is -0.334. The van der Waals surface area contributed by atoms with Gasteiger partial charge in [0.1, 0.15) is 0 Å². The number of nitrogens with zero attached hydrogens (tertiary/aromatic N) is 1. The van der Waals surface area contributed by atoms with E-state index in [0.717, 1.165) is 6.42 Å². The van der Waals surface area contributed by atoms with Crippen LogP contribution in [0.1, 0.15) is 23.7 Å². The Kier molecular flexibility index (Phi) is 4.97. The lowest BCUT2D eigenvalue weighted by atomic mass is 10.1. The first-order valence-corrected chi connectivity index (χ1v) is 8.37. The number of hydrogen-bond acceptors (Lipinski definition) is 4. The Balaban J connectivity index is 2.19. The Bertz CT molecular complexity index is 592. The van der Waals surface area contributed by atoms with E-state index in [0.29, 0.717) is 31.9 Å². The lowest BCUT2D eigenvalue weighted by Crippen LogP contribution is -2.35. The van der Waals surface area contributed by atoms with Crippen LogP contribution in [0.2, 0.25) is 0 Å². The summed E-state index contributed by atoms with van der Waals surface area (Å²) in [7, 11) is -3.56. The number of benzene rings is 1. The molecule has 1 atom stereocenters. The summed E-state index contributed by atoms with van der Waals surface area (Å²) in [6.45, 7) is 3.96. The van der Waals surface area contributed by atoms with Gasteiger partial charge in [0.05, 0.1) is 11.5 Å². The van der Waals surface area contributed by atoms with Crippen LogP contribution in [0, 0.1) is 5.92 Å². The number of ether oxygens (including phenoxy) is 1. The van der Waals surface area contributed by atoms with Crippen LogP contribution in [0.25, 0.3) is 0 Å². The average Bonchev–Trinajstić information content (AvgIpc) is 2.97. The van der Waals surface area contributed by atoms with Crippen molar-refractivity contribution < 1.29 is 17.9 Å². The first-order chi connectivity index (χ1) is 9.95. The second kappa shape index (κ2) is 6.55. The summed E-state index contributed by atoms with van der Waals surface area (Å²) in [5.41, 5.74) is 5.45. The number of sulfonamides is 1. The first kappa shape index (κ1) is 15.9. The van der Waals surface area contributed by atoms with E-state index in [-0.39, 0.29) is 10.8 Å². The molecule has 2 N–H and O–H groups in total. The molecule has 1 aromatic rings. The SMILES string of the molecule is CCN(C[C@H]1CCOC1)S(=O)(=O)c1ccc(C(N)=O)cc1. The lowest BCUT2D eigenvalue weighted by Gasteiger charge is -2.23. The molecule has 6 nitrogen and oxygen atoms in total. The van der Waals surface area contributed by atoms with Gasteiger partial charge < -0.3 is 10.5 Å². The number of carbonyl (C=O) groups excluding carboxylic acids is 1. The Hall–Kier alpha value is -1.44. The van der Waals surface area contributed by atoms with Crippen molar-refractivity contribution >= 4 is 15.9 Å². The second-order valence-corrected chi connectivity index (χ2v) is 7.01. The van der Waals surface area contributed by atoms with Crippen molar-refractivity contribution in [1.82, 2.24) is 4.31 Å². The molecule has 1 aromatic carbocycles. The Morgan fingerprint density at radius 1 is 1.38 bits per heavy atom. The molecule has 1 amide bonds. The Morgan fingerprint density at radius 2 is 2.05 bits per heavy atom. The number of carbonyl (C=O) groups is 1. The van der Waals surface area contributed by atoms with Crippen LogP contribution in [0.5, 0.6) is 0 Å². The highest BCUT2D eigenvalue weighted by atomic mass is 32.2. The number of amides is 1. The number of primary amides is 1. The number of rotatable bonds is 6. The molecule has 1 heterocycles. The average molecular weight is 312 g/mol. The summed E-state index contributed by atoms with van der Waals surface area (Å²) in [6, 6.07) is 5.70. The molecule has 0 radical (unpaired) electrons. The van der Waals surface area contributed by atoms with Crippen molar-refractivity contribution in [3.05, 3.63) is 29.8 Å². The molecule has 1 aliphatic heterocycles. The molecule has 0 saturated carbocycles. The van der Waals surface area contributed by atoms with Crippen LogP contribution in [-0.2, 0) is 14.8 Å². The molecule has 1 saturated heterocycles. The van der Waals surface area contributed by atoms with E-state index < -0.39 is 15.9 Å². The molecular weight excluding hydrogens is 292 g/mol. The van der Waals surface area contributed by atoms with Gasteiger partial charge >= 0.3 is 0 Å². The maximum absolute atomic E-state index is 12.6. The quantitative estimate of drug-likeness (QED) is 0.842. The van der Waals surface area contributed by atoms with E-state index in [9.17, 15) is 13.2 Å². The predicted molar refractivity (Wildman–Crippen MR) is 78.3 cm³/mol. The molecular formula is C14H20N2O4S. The zero-order chi connectivity index (χ0) is 15.5. The van der Waals surface area contributed by atoms with Crippen molar-refractivity contribution in [2.45, 2.75) is 18.2 Å². The highest BCUT2D eigenvalue weighted by Crippen LogP contribution is 2.21. The van der Waals surface area contributed by atoms with Gasteiger partial charge in [-0.3, -0.25) is 4.79 Å². The van der Waals surface area contributed by atoms with Crippen LogP contribution in [0.4, 0.5) is 0 Å². The predicted octanol–water partition coefficient (Wildman–Crippen LogP) is 0.833. The van der Waals surface area contributed by atoms with E-state index >= 15 is 0 Å². The van der Waals surface area contributed by atoms with Crippen LogP contribution < -0.4 is 5.73 Å². The van der Waals surface area contributed by atoms with Crippen molar-refractivity contribution in [1.29, 1.82) is 0 Å². The van der Waals surface area contributed by atoms with Gasteiger partial charge in [-0.2, -0.15) is 4.31 Å². The van der Waals surface area contributed by atoms with Crippen molar-refractivity contribution in [3.8, 4) is 0 Å². The molecule has 116 valence electrons. The zero-order valence-electron chi connectivity index (χ0n) is 12.0. The molecule has 0 bridgehead atoms. The van der Waals surface area contributed by atoms with Crippen LogP contribution in [0.15, 0.2) is 29.2 Å². The van der Waals surface area contributed by atoms with Crippen LogP contribution in [-0.4, -0.2) is 44.9 Å². The van der Waals surface area contributed by atoms with Gasteiger partial charge in [0.2, 0.25) is 15.9 Å². The normalized spacial score (nSPS) is 19.0. The molecule has 0 unspecified atom stereocenters. The van der Waals surface area contributed by atoms with Gasteiger partial charge in [-0.15, -0.1) is 0 Å². The third-order valence-corrected chi connectivity index (χ3v) is 5.57. The van der Waals surface area contributed by atoms with Crippen LogP contribution >= 0.6 is 0 Å². The van der Waals surface area contributed by atoms with E-state index in [1.54, 1.807) is 0 Å². The summed E-state index contributed by atoms with van der Waals surface area (Å²) < 4.78 is 31.9. The maximum atomic E-state index is 12.6. The van der Waals surface area contributed by atoms with Gasteiger partial charge in [0.25, 0.3) is 0 Å². The minimum Gasteiger partial charge on any atom is -0.381 e. The molecule has 0 aliphatic carbocycles. The summed E-state index contributed by atoms with van der Waals surface area (Å²) in [4.78, 5) is 11.2. The summed E-state index contributed by atoms with van der Waals surface area (Å²) in [6.07, 6.45) is 0.882. The molecule has 0 aromatic heterocycles. The second-order valence-electron chi connectivity index (χ2n) is 5.07. The highest BCUT2D eigenvalue weighted by Gasteiger charge is 2.27. The number of hydrogen-bond donors (Lipinski definition) is 1. The fourth-order valence-electron chi connectivity index (χ4n) is 2.35. The zero-order valence-corrected chi connectivity index (χ0v) is 12.8. The Labute approximate surface area is 124 Å². The minimum atomic E-state index is -3.56. The van der Waals surface area contributed by atoms with Crippen LogP contribution in [0.3, 0.4) is 0 Å². The topological polar surface area (TPSA) is 89.7 Å². The van der Waals surface area contributed by atoms with E-state index in [2.05, 4.69) is 0 Å². The van der Waals surface area contributed by atoms with Gasteiger partial charge in [-0.1, -0.05) is 6.92 Å². The van der Waals surface area contributed by atoms with E-state index in [1.807, 2.05) is 6.92 Å². The molecule has 0 spiro atoms. The fraction of sp³-hybridized carbons (Fsp3) is 0.500. The van der Waals surface area contributed by atoms with Crippen molar-refractivity contribution in [3.63, 3.8) is 0 Å². The first-order valence-electron chi connectivity index (χ1n) is 6.93. The lowest BCUT2D eigenvalue weighted by molar-refractivity contribution is 0.1000. The van der Waals surface area contributed by atoms with Gasteiger partial charge in [-0.25, -0.2) is 8.42 Å². The van der Waals surface area contributed by atoms with Crippen molar-refractivity contribution in [2.75, 3.05) is 26.3 Å². The minimum absolute atomic E-state index is 0.174. The largest absolute Gasteiger partial charge is 0.381 e. The molecule has 1 aliphatic rings. The third-order valence-electron chi connectivity index (χ3n) is 3.62. The third kappa shape index (κ3) is 3.61. The van der Waals surface area contributed by atoms with Gasteiger partial charge in [0, 0.05) is 25.3 Å². The maximum Gasteiger partial charge on any atom is 0.248 e. The number of nitrogens with two attached hydrogens (primary N) is 1. The molecule has 21 heavy (non-hydrogen) atoms. The monoisotopic (exact) mass is 312 g/mol. The van der Waals surface area contributed by atoms with E-state index in [1.165, 1.54) is 28.6 Å². The Morgan fingerprint density at radius 3 is 2.52 bits per heavy atom. The molecule has 1 fully saturated rings. The molecule has 7 heteroatoms. The summed E-state index contributed by atoms with van der Waals surface area (Å²) >= 11 is 0. The summed E-state index contributed by atoms with van der Waals surface area (Å²) in [5, 5.41) is 0.